The highest BCUT2D eigenvalue weighted by Gasteiger charge is 2.34. The number of rotatable bonds is 6. The normalized spacial score (nSPS) is 17.5. The fraction of sp³-hybridized carbons (Fsp3) is 0.667. The molecule has 1 aromatic rings. The van der Waals surface area contributed by atoms with E-state index >= 15 is 0 Å². The summed E-state index contributed by atoms with van der Waals surface area (Å²) in [7, 11) is -3.37. The zero-order valence-electron chi connectivity index (χ0n) is 17.6. The summed E-state index contributed by atoms with van der Waals surface area (Å²) in [5.41, 5.74) is 0.619. The number of hydrogen-bond donors (Lipinski definition) is 1. The van der Waals surface area contributed by atoms with Gasteiger partial charge in [0.2, 0.25) is 15.9 Å². The van der Waals surface area contributed by atoms with E-state index in [2.05, 4.69) is 42.0 Å². The summed E-state index contributed by atoms with van der Waals surface area (Å²) in [4.78, 5) is 12.7. The summed E-state index contributed by atoms with van der Waals surface area (Å²) in [5.74, 6) is -0.0898. The summed E-state index contributed by atoms with van der Waals surface area (Å²) in [5, 5.41) is 3.17. The summed E-state index contributed by atoms with van der Waals surface area (Å²) in [6.07, 6.45) is 2.01. The lowest BCUT2D eigenvalue weighted by atomic mass is 9.81. The number of nitrogens with one attached hydrogen (secondary N) is 1. The molecule has 0 aliphatic carbocycles. The Morgan fingerprint density at radius 3 is 2.14 bits per heavy atom. The van der Waals surface area contributed by atoms with E-state index in [9.17, 15) is 13.2 Å². The van der Waals surface area contributed by atoms with E-state index in [1.165, 1.54) is 4.31 Å². The number of sulfonamides is 1. The highest BCUT2D eigenvalue weighted by molar-refractivity contribution is 9.10. The van der Waals surface area contributed by atoms with Crippen LogP contribution in [-0.4, -0.2) is 37.3 Å². The largest absolute Gasteiger partial charge is 0.351 e. The van der Waals surface area contributed by atoms with E-state index in [1.54, 1.807) is 0 Å². The van der Waals surface area contributed by atoms with Crippen LogP contribution >= 0.6 is 15.9 Å². The van der Waals surface area contributed by atoms with Crippen molar-refractivity contribution in [3.8, 4) is 0 Å². The maximum Gasteiger partial charge on any atom is 0.223 e. The Bertz CT molecular complexity index is 775. The lowest BCUT2D eigenvalue weighted by molar-refractivity contribution is -0.128. The maximum absolute atomic E-state index is 12.7. The number of piperidine rings is 1. The van der Waals surface area contributed by atoms with Crippen molar-refractivity contribution in [3.63, 3.8) is 0 Å². The first-order valence-corrected chi connectivity index (χ1v) is 12.2. The van der Waals surface area contributed by atoms with Crippen molar-refractivity contribution >= 4 is 31.9 Å². The van der Waals surface area contributed by atoms with E-state index in [0.717, 1.165) is 16.5 Å². The molecule has 1 fully saturated rings. The van der Waals surface area contributed by atoms with E-state index in [0.29, 0.717) is 25.9 Å². The molecule has 0 atom stereocenters. The monoisotopic (exact) mass is 472 g/mol. The third-order valence-corrected chi connectivity index (χ3v) is 7.29. The van der Waals surface area contributed by atoms with Gasteiger partial charge in [0.1, 0.15) is 0 Å². The second-order valence-corrected chi connectivity index (χ2v) is 12.6. The molecule has 0 unspecified atom stereocenters. The van der Waals surface area contributed by atoms with Crippen LogP contribution in [0.3, 0.4) is 0 Å². The number of amides is 1. The van der Waals surface area contributed by atoms with Gasteiger partial charge in [-0.25, -0.2) is 12.7 Å². The van der Waals surface area contributed by atoms with Gasteiger partial charge in [-0.1, -0.05) is 48.8 Å². The topological polar surface area (TPSA) is 66.5 Å². The van der Waals surface area contributed by atoms with Crippen molar-refractivity contribution in [2.24, 2.45) is 11.3 Å². The van der Waals surface area contributed by atoms with Crippen molar-refractivity contribution in [1.82, 2.24) is 9.62 Å². The van der Waals surface area contributed by atoms with Gasteiger partial charge in [-0.05, 0) is 56.2 Å². The molecule has 1 aromatic carbocycles. The summed E-state index contributed by atoms with van der Waals surface area (Å²) >= 11 is 3.36. The number of nitrogens with zero attached hydrogens (tertiary/aromatic N) is 1. The summed E-state index contributed by atoms with van der Waals surface area (Å²) in [6.45, 7) is 11.4. The SMILES string of the molecule is CC(C)(C)CC(C)(C)NC(=O)C1CCN(S(=O)(=O)Cc2ccc(Br)cc2)CC1. The number of carbonyl (C=O) groups excluding carboxylic acids is 1. The summed E-state index contributed by atoms with van der Waals surface area (Å²) < 4.78 is 27.9. The fourth-order valence-corrected chi connectivity index (χ4v) is 5.91. The molecule has 2 rings (SSSR count). The molecular formula is C21H33BrN2O3S. The Kier molecular flexibility index (Phi) is 7.37. The van der Waals surface area contributed by atoms with Gasteiger partial charge < -0.3 is 5.32 Å². The third-order valence-electron chi connectivity index (χ3n) is 4.91. The van der Waals surface area contributed by atoms with Gasteiger partial charge in [0, 0.05) is 29.0 Å². The Balaban J connectivity index is 1.90. The average molecular weight is 473 g/mol. The van der Waals surface area contributed by atoms with Crippen LogP contribution in [0.25, 0.3) is 0 Å². The van der Waals surface area contributed by atoms with Crippen molar-refractivity contribution in [2.45, 2.75) is 65.2 Å². The number of benzene rings is 1. The number of halogens is 1. The lowest BCUT2D eigenvalue weighted by Crippen LogP contribution is -2.50. The zero-order chi connectivity index (χ0) is 21.2. The van der Waals surface area contributed by atoms with Crippen LogP contribution in [0.15, 0.2) is 28.7 Å². The average Bonchev–Trinajstić information content (AvgIpc) is 2.54. The Labute approximate surface area is 178 Å². The number of hydrogen-bond acceptors (Lipinski definition) is 3. The second kappa shape index (κ2) is 8.84. The predicted molar refractivity (Wildman–Crippen MR) is 117 cm³/mol. The van der Waals surface area contributed by atoms with Crippen LogP contribution in [0.4, 0.5) is 0 Å². The molecule has 0 radical (unpaired) electrons. The van der Waals surface area contributed by atoms with Crippen LogP contribution in [0.2, 0.25) is 0 Å². The predicted octanol–water partition coefficient (Wildman–Crippen LogP) is 4.32. The zero-order valence-corrected chi connectivity index (χ0v) is 20.0. The molecule has 28 heavy (non-hydrogen) atoms. The standard InChI is InChI=1S/C21H33BrN2O3S/c1-20(2,3)15-21(4,5)23-19(25)17-10-12-24(13-11-17)28(26,27)14-16-6-8-18(22)9-7-16/h6-9,17H,10-15H2,1-5H3,(H,23,25). The third kappa shape index (κ3) is 7.16. The van der Waals surface area contributed by atoms with Gasteiger partial charge in [-0.3, -0.25) is 4.79 Å². The maximum atomic E-state index is 12.7. The second-order valence-electron chi connectivity index (χ2n) is 9.67. The molecule has 158 valence electrons. The van der Waals surface area contributed by atoms with Crippen molar-refractivity contribution in [3.05, 3.63) is 34.3 Å². The lowest BCUT2D eigenvalue weighted by Gasteiger charge is -2.36. The van der Waals surface area contributed by atoms with Crippen LogP contribution in [-0.2, 0) is 20.6 Å². The first-order chi connectivity index (χ1) is 12.8. The molecule has 1 N–H and O–H groups in total. The minimum Gasteiger partial charge on any atom is -0.351 e. The summed E-state index contributed by atoms with van der Waals surface area (Å²) in [6, 6.07) is 7.33. The molecular weight excluding hydrogens is 440 g/mol. The van der Waals surface area contributed by atoms with E-state index < -0.39 is 10.0 Å². The van der Waals surface area contributed by atoms with E-state index in [4.69, 9.17) is 0 Å². The first kappa shape index (κ1) is 23.4. The van der Waals surface area contributed by atoms with Gasteiger partial charge in [-0.15, -0.1) is 0 Å². The molecule has 1 heterocycles. The molecule has 7 heteroatoms. The van der Waals surface area contributed by atoms with Crippen molar-refractivity contribution in [2.75, 3.05) is 13.1 Å². The van der Waals surface area contributed by atoms with Crippen molar-refractivity contribution in [1.29, 1.82) is 0 Å². The quantitative estimate of drug-likeness (QED) is 0.669. The molecule has 1 saturated heterocycles. The van der Waals surface area contributed by atoms with Gasteiger partial charge >= 0.3 is 0 Å². The van der Waals surface area contributed by atoms with Crippen LogP contribution in [0.5, 0.6) is 0 Å². The minimum atomic E-state index is -3.37. The smallest absolute Gasteiger partial charge is 0.223 e. The number of carbonyl (C=O) groups is 1. The molecule has 0 aromatic heterocycles. The van der Waals surface area contributed by atoms with Gasteiger partial charge in [0.15, 0.2) is 0 Å². The highest BCUT2D eigenvalue weighted by atomic mass is 79.9. The van der Waals surface area contributed by atoms with Gasteiger partial charge in [-0.2, -0.15) is 0 Å². The van der Waals surface area contributed by atoms with Crippen LogP contribution in [0, 0.1) is 11.3 Å². The van der Waals surface area contributed by atoms with E-state index in [1.807, 2.05) is 38.1 Å². The molecule has 0 saturated carbocycles. The Hall–Kier alpha value is -0.920. The first-order valence-electron chi connectivity index (χ1n) is 9.82. The highest BCUT2D eigenvalue weighted by Crippen LogP contribution is 2.28. The molecule has 1 amide bonds. The van der Waals surface area contributed by atoms with Crippen LogP contribution in [0.1, 0.15) is 59.4 Å². The molecule has 1 aliphatic rings. The Morgan fingerprint density at radius 2 is 1.64 bits per heavy atom. The fourth-order valence-electron chi connectivity index (χ4n) is 4.08. The van der Waals surface area contributed by atoms with Gasteiger partial charge in [0.05, 0.1) is 5.75 Å². The Morgan fingerprint density at radius 1 is 1.11 bits per heavy atom. The molecule has 0 bridgehead atoms. The van der Waals surface area contributed by atoms with E-state index in [-0.39, 0.29) is 28.5 Å². The molecule has 0 spiro atoms. The van der Waals surface area contributed by atoms with Crippen molar-refractivity contribution < 1.29 is 13.2 Å². The molecule has 1 aliphatic heterocycles. The minimum absolute atomic E-state index is 0.00421. The van der Waals surface area contributed by atoms with Crippen LogP contribution < -0.4 is 5.32 Å². The molecule has 5 nitrogen and oxygen atoms in total. The van der Waals surface area contributed by atoms with Gasteiger partial charge in [0.25, 0.3) is 0 Å².